The van der Waals surface area contributed by atoms with Gasteiger partial charge in [-0.1, -0.05) is 37.2 Å². The van der Waals surface area contributed by atoms with E-state index in [4.69, 9.17) is 4.74 Å². The molecule has 0 N–H and O–H groups in total. The number of carbonyl (C=O) groups excluding carboxylic acids is 1. The molecule has 3 rings (SSSR count). The van der Waals surface area contributed by atoms with E-state index in [1.54, 1.807) is 7.11 Å². The zero-order valence-electron chi connectivity index (χ0n) is 15.8. The van der Waals surface area contributed by atoms with E-state index in [0.29, 0.717) is 18.1 Å². The number of nitrogens with zero attached hydrogens (tertiary/aromatic N) is 2. The van der Waals surface area contributed by atoms with Crippen molar-refractivity contribution in [2.45, 2.75) is 43.9 Å². The van der Waals surface area contributed by atoms with Crippen LogP contribution in [0, 0.1) is 0 Å². The minimum Gasteiger partial charge on any atom is -0.497 e. The molecular weight excluding hydrogens is 384 g/mol. The summed E-state index contributed by atoms with van der Waals surface area (Å²) in [4.78, 5) is 18.5. The quantitative estimate of drug-likeness (QED) is 0.688. The number of hydrogen-bond acceptors (Lipinski definition) is 5. The lowest BCUT2D eigenvalue weighted by molar-refractivity contribution is -0.117. The lowest BCUT2D eigenvalue weighted by Gasteiger charge is -2.24. The van der Waals surface area contributed by atoms with Crippen LogP contribution in [0.5, 0.6) is 5.75 Å². The van der Waals surface area contributed by atoms with Gasteiger partial charge < -0.3 is 9.64 Å². The van der Waals surface area contributed by atoms with Crippen molar-refractivity contribution in [1.82, 2.24) is 4.90 Å². The van der Waals surface area contributed by atoms with Crippen LogP contribution in [0.2, 0.25) is 0 Å². The van der Waals surface area contributed by atoms with Crippen molar-refractivity contribution < 1.29 is 17.9 Å². The first kappa shape index (κ1) is 20.2. The number of benzene rings is 1. The van der Waals surface area contributed by atoms with Crippen LogP contribution in [-0.4, -0.2) is 60.8 Å². The number of hydrogen-bond donors (Lipinski definition) is 0. The van der Waals surface area contributed by atoms with E-state index in [1.165, 1.54) is 11.8 Å². The van der Waals surface area contributed by atoms with Crippen molar-refractivity contribution in [2.24, 2.45) is 4.99 Å². The number of amides is 1. The van der Waals surface area contributed by atoms with E-state index in [0.717, 1.165) is 30.6 Å². The van der Waals surface area contributed by atoms with Gasteiger partial charge >= 0.3 is 0 Å². The van der Waals surface area contributed by atoms with Gasteiger partial charge in [-0.2, -0.15) is 4.99 Å². The van der Waals surface area contributed by atoms with Crippen molar-refractivity contribution in [3.63, 3.8) is 0 Å². The average Bonchev–Trinajstić information content (AvgIpc) is 3.09. The summed E-state index contributed by atoms with van der Waals surface area (Å²) in [5, 5.41) is 0.665. The topological polar surface area (TPSA) is 76.0 Å². The molecule has 0 saturated carbocycles. The number of rotatable bonds is 7. The third-order valence-electron chi connectivity index (χ3n) is 4.94. The molecule has 0 spiro atoms. The lowest BCUT2D eigenvalue weighted by atomic mass is 10.1. The molecule has 2 aliphatic rings. The second-order valence-corrected chi connectivity index (χ2v) is 10.3. The molecule has 0 aromatic heterocycles. The van der Waals surface area contributed by atoms with Gasteiger partial charge in [-0.25, -0.2) is 8.42 Å². The van der Waals surface area contributed by atoms with E-state index in [1.807, 2.05) is 36.1 Å². The number of aliphatic imine (C=N–C) groups is 1. The minimum atomic E-state index is -3.02. The number of amidine groups is 1. The summed E-state index contributed by atoms with van der Waals surface area (Å²) < 4.78 is 29.3. The first-order chi connectivity index (χ1) is 12.9. The fourth-order valence-electron chi connectivity index (χ4n) is 3.43. The summed E-state index contributed by atoms with van der Waals surface area (Å²) in [5.74, 6) is 1.01. The third-order valence-corrected chi connectivity index (χ3v) is 8.19. The van der Waals surface area contributed by atoms with Crippen LogP contribution in [0.25, 0.3) is 0 Å². The first-order valence-electron chi connectivity index (χ1n) is 9.30. The maximum absolute atomic E-state index is 12.1. The predicted octanol–water partition coefficient (Wildman–Crippen LogP) is 2.52. The molecule has 2 fully saturated rings. The molecule has 0 radical (unpaired) electrons. The molecule has 6 nitrogen and oxygen atoms in total. The molecule has 2 saturated heterocycles. The van der Waals surface area contributed by atoms with Gasteiger partial charge in [0, 0.05) is 18.2 Å². The number of sulfone groups is 1. The van der Waals surface area contributed by atoms with Gasteiger partial charge in [-0.3, -0.25) is 4.79 Å². The normalized spacial score (nSPS) is 25.0. The number of carbonyl (C=O) groups is 1. The van der Waals surface area contributed by atoms with Crippen LogP contribution in [0.1, 0.15) is 31.7 Å². The molecule has 1 amide bonds. The van der Waals surface area contributed by atoms with Gasteiger partial charge in [0.2, 0.25) is 5.91 Å². The van der Waals surface area contributed by atoms with Crippen molar-refractivity contribution in [2.75, 3.05) is 25.2 Å². The zero-order chi connectivity index (χ0) is 19.4. The Hall–Kier alpha value is -1.54. The molecule has 2 aliphatic heterocycles. The Morgan fingerprint density at radius 3 is 2.70 bits per heavy atom. The molecular formula is C19H26N2O4S2. The smallest absolute Gasteiger partial charge is 0.248 e. The van der Waals surface area contributed by atoms with Crippen molar-refractivity contribution in [3.05, 3.63) is 29.8 Å². The second-order valence-electron chi connectivity index (χ2n) is 6.98. The summed E-state index contributed by atoms with van der Waals surface area (Å²) >= 11 is 1.45. The zero-order valence-corrected chi connectivity index (χ0v) is 17.4. The monoisotopic (exact) mass is 410 g/mol. The number of thioether (sulfide) groups is 1. The van der Waals surface area contributed by atoms with Gasteiger partial charge in [-0.15, -0.1) is 0 Å². The molecule has 2 unspecified atom stereocenters. The van der Waals surface area contributed by atoms with E-state index < -0.39 is 9.84 Å². The fraction of sp³-hybridized carbons (Fsp3) is 0.579. The van der Waals surface area contributed by atoms with Crippen molar-refractivity contribution in [1.29, 1.82) is 0 Å². The summed E-state index contributed by atoms with van der Waals surface area (Å²) in [6, 6.07) is 7.76. The van der Waals surface area contributed by atoms with Crippen LogP contribution in [0.3, 0.4) is 0 Å². The van der Waals surface area contributed by atoms with Crippen LogP contribution in [0.4, 0.5) is 0 Å². The predicted molar refractivity (Wildman–Crippen MR) is 109 cm³/mol. The van der Waals surface area contributed by atoms with Crippen LogP contribution in [-0.2, 0) is 21.1 Å². The number of fused-ring (bicyclic) bond motifs is 1. The first-order valence-corrected chi connectivity index (χ1v) is 12.0. The summed E-state index contributed by atoms with van der Waals surface area (Å²) in [6.07, 6.45) is 2.98. The minimum absolute atomic E-state index is 0.0245. The third kappa shape index (κ3) is 5.04. The van der Waals surface area contributed by atoms with Gasteiger partial charge in [0.1, 0.15) is 5.75 Å². The molecule has 2 heterocycles. The Labute approximate surface area is 165 Å². The van der Waals surface area contributed by atoms with Gasteiger partial charge in [0.25, 0.3) is 0 Å². The average molecular weight is 411 g/mol. The maximum Gasteiger partial charge on any atom is 0.248 e. The van der Waals surface area contributed by atoms with Crippen LogP contribution < -0.4 is 4.74 Å². The van der Waals surface area contributed by atoms with E-state index in [9.17, 15) is 13.2 Å². The Morgan fingerprint density at radius 1 is 1.30 bits per heavy atom. The molecule has 0 aliphatic carbocycles. The maximum atomic E-state index is 12.1. The van der Waals surface area contributed by atoms with E-state index >= 15 is 0 Å². The molecule has 8 heteroatoms. The fourth-order valence-corrected chi connectivity index (χ4v) is 7.42. The van der Waals surface area contributed by atoms with Gasteiger partial charge in [-0.05, 0) is 30.5 Å². The Kier molecular flexibility index (Phi) is 6.47. The van der Waals surface area contributed by atoms with E-state index in [2.05, 4.69) is 4.99 Å². The number of unbranched alkanes of at least 4 members (excludes halogenated alkanes) is 1. The summed E-state index contributed by atoms with van der Waals surface area (Å²) in [6.45, 7) is 2.69. The Morgan fingerprint density at radius 2 is 2.04 bits per heavy atom. The molecule has 2 atom stereocenters. The molecule has 148 valence electrons. The molecule has 1 aromatic rings. The Bertz CT molecular complexity index is 806. The molecule has 1 aromatic carbocycles. The van der Waals surface area contributed by atoms with E-state index in [-0.39, 0.29) is 28.7 Å². The highest BCUT2D eigenvalue weighted by Crippen LogP contribution is 2.38. The highest BCUT2D eigenvalue weighted by atomic mass is 32.2. The van der Waals surface area contributed by atoms with Gasteiger partial charge in [0.05, 0.1) is 24.7 Å². The highest BCUT2D eigenvalue weighted by molar-refractivity contribution is 8.15. The van der Waals surface area contributed by atoms with Crippen molar-refractivity contribution >= 4 is 32.7 Å². The molecule has 27 heavy (non-hydrogen) atoms. The second kappa shape index (κ2) is 8.65. The highest BCUT2D eigenvalue weighted by Gasteiger charge is 2.48. The molecule has 0 bridgehead atoms. The number of ether oxygens (including phenoxy) is 1. The standard InChI is InChI=1S/C19H26N2O4S2/c1-3-4-5-18(22)20-19-21(16-12-27(23,24)13-17(16)26-19)11-10-14-6-8-15(25-2)9-7-14/h6-9,16-17H,3-5,10-13H2,1-2H3. The SMILES string of the molecule is CCCCC(=O)N=C1SC2CS(=O)(=O)CC2N1CCc1ccc(OC)cc1. The Balaban J connectivity index is 1.73. The number of methoxy groups -OCH3 is 1. The van der Waals surface area contributed by atoms with Crippen molar-refractivity contribution in [3.8, 4) is 5.75 Å². The summed E-state index contributed by atoms with van der Waals surface area (Å²) in [5.41, 5.74) is 1.14. The van der Waals surface area contributed by atoms with Crippen LogP contribution >= 0.6 is 11.8 Å². The van der Waals surface area contributed by atoms with Gasteiger partial charge in [0.15, 0.2) is 15.0 Å². The largest absolute Gasteiger partial charge is 0.497 e. The summed E-state index contributed by atoms with van der Waals surface area (Å²) in [7, 11) is -1.38. The lowest BCUT2D eigenvalue weighted by Crippen LogP contribution is -2.39. The van der Waals surface area contributed by atoms with Crippen LogP contribution in [0.15, 0.2) is 29.3 Å².